The second kappa shape index (κ2) is 7.37. The first-order valence-electron chi connectivity index (χ1n) is 7.94. The zero-order valence-corrected chi connectivity index (χ0v) is 13.8. The molecule has 8 heteroatoms. The van der Waals surface area contributed by atoms with Gasteiger partial charge in [-0.3, -0.25) is 0 Å². The normalized spacial score (nSPS) is 18.4. The van der Waals surface area contributed by atoms with Crippen LogP contribution in [0.25, 0.3) is 11.3 Å². The molecule has 0 radical (unpaired) electrons. The summed E-state index contributed by atoms with van der Waals surface area (Å²) in [6.07, 6.45) is -2.84. The lowest BCUT2D eigenvalue weighted by Crippen LogP contribution is -2.58. The average molecular weight is 352 g/mol. The molecule has 1 aromatic carbocycles. The van der Waals surface area contributed by atoms with Crippen molar-refractivity contribution in [3.8, 4) is 11.3 Å². The van der Waals surface area contributed by atoms with E-state index in [1.165, 1.54) is 11.1 Å². The minimum absolute atomic E-state index is 0.0993. The molecule has 25 heavy (non-hydrogen) atoms. The maximum absolute atomic E-state index is 13.3. The second-order valence-corrected chi connectivity index (χ2v) is 5.83. The van der Waals surface area contributed by atoms with Gasteiger partial charge >= 0.3 is 6.18 Å². The minimum atomic E-state index is -4.34. The van der Waals surface area contributed by atoms with E-state index in [0.29, 0.717) is 18.8 Å². The Morgan fingerprint density at radius 1 is 1.24 bits per heavy atom. The molecule has 0 spiro atoms. The van der Waals surface area contributed by atoms with E-state index < -0.39 is 12.2 Å². The molecular weight excluding hydrogens is 333 g/mol. The van der Waals surface area contributed by atoms with E-state index in [4.69, 9.17) is 4.74 Å². The third-order valence-electron chi connectivity index (χ3n) is 4.08. The molecule has 134 valence electrons. The van der Waals surface area contributed by atoms with Gasteiger partial charge in [-0.25, -0.2) is 9.97 Å². The molecule has 2 heterocycles. The quantitative estimate of drug-likeness (QED) is 0.917. The summed E-state index contributed by atoms with van der Waals surface area (Å²) in [5.41, 5.74) is 2.43. The van der Waals surface area contributed by atoms with Crippen molar-refractivity contribution in [3.05, 3.63) is 42.1 Å². The third kappa shape index (κ3) is 4.08. The molecule has 1 aromatic heterocycles. The van der Waals surface area contributed by atoms with Crippen molar-refractivity contribution in [2.24, 2.45) is 0 Å². The van der Waals surface area contributed by atoms with Crippen molar-refractivity contribution in [2.75, 3.05) is 31.6 Å². The van der Waals surface area contributed by atoms with E-state index in [2.05, 4.69) is 15.3 Å². The lowest BCUT2D eigenvalue weighted by molar-refractivity contribution is -0.149. The molecule has 5 nitrogen and oxygen atoms in total. The summed E-state index contributed by atoms with van der Waals surface area (Å²) in [4.78, 5) is 9.65. The number of halogens is 3. The first-order valence-corrected chi connectivity index (χ1v) is 7.94. The third-order valence-corrected chi connectivity index (χ3v) is 4.08. The number of nitrogens with one attached hydrogen (secondary N) is 1. The molecular formula is C17H19F3N4O. The van der Waals surface area contributed by atoms with Gasteiger partial charge in [-0.05, 0) is 11.6 Å². The van der Waals surface area contributed by atoms with E-state index in [-0.39, 0.29) is 19.0 Å². The number of alkyl halides is 3. The van der Waals surface area contributed by atoms with Crippen LogP contribution in [0.3, 0.4) is 0 Å². The van der Waals surface area contributed by atoms with Crippen LogP contribution in [0.2, 0.25) is 0 Å². The summed E-state index contributed by atoms with van der Waals surface area (Å²) in [5.74, 6) is 0.0993. The first kappa shape index (κ1) is 17.6. The molecule has 1 saturated heterocycles. The SMILES string of the molecule is COCc1ccc(-c2ccnc(N3CCNCC3C(F)(F)F)n2)cc1. The second-order valence-electron chi connectivity index (χ2n) is 5.83. The Morgan fingerprint density at radius 3 is 2.68 bits per heavy atom. The van der Waals surface area contributed by atoms with Crippen LogP contribution in [0.4, 0.5) is 19.1 Å². The van der Waals surface area contributed by atoms with E-state index in [9.17, 15) is 13.2 Å². The molecule has 1 unspecified atom stereocenters. The Morgan fingerprint density at radius 2 is 2.00 bits per heavy atom. The molecule has 0 amide bonds. The number of hydrogen-bond donors (Lipinski definition) is 1. The van der Waals surface area contributed by atoms with Gasteiger partial charge in [0.05, 0.1) is 12.3 Å². The predicted octanol–water partition coefficient (Wildman–Crippen LogP) is 2.63. The summed E-state index contributed by atoms with van der Waals surface area (Å²) in [6.45, 7) is 1.01. The van der Waals surface area contributed by atoms with Crippen molar-refractivity contribution in [2.45, 2.75) is 18.8 Å². The van der Waals surface area contributed by atoms with Gasteiger partial charge in [0.15, 0.2) is 0 Å². The molecule has 1 atom stereocenters. The highest BCUT2D eigenvalue weighted by atomic mass is 19.4. The number of rotatable bonds is 4. The lowest BCUT2D eigenvalue weighted by Gasteiger charge is -2.37. The molecule has 0 bridgehead atoms. The highest BCUT2D eigenvalue weighted by Crippen LogP contribution is 2.29. The lowest BCUT2D eigenvalue weighted by atomic mass is 10.1. The number of hydrogen-bond acceptors (Lipinski definition) is 5. The van der Waals surface area contributed by atoms with E-state index >= 15 is 0 Å². The summed E-state index contributed by atoms with van der Waals surface area (Å²) < 4.78 is 44.9. The number of ether oxygens (including phenoxy) is 1. The molecule has 1 fully saturated rings. The number of methoxy groups -OCH3 is 1. The van der Waals surface area contributed by atoms with Gasteiger partial charge in [0.25, 0.3) is 0 Å². The smallest absolute Gasteiger partial charge is 0.380 e. The monoisotopic (exact) mass is 352 g/mol. The zero-order chi connectivity index (χ0) is 17.9. The summed E-state index contributed by atoms with van der Waals surface area (Å²) in [6, 6.07) is 7.63. The largest absolute Gasteiger partial charge is 0.410 e. The van der Waals surface area contributed by atoms with Crippen LogP contribution >= 0.6 is 0 Å². The van der Waals surface area contributed by atoms with Crippen molar-refractivity contribution in [1.29, 1.82) is 0 Å². The molecule has 1 N–H and O–H groups in total. The number of anilines is 1. The van der Waals surface area contributed by atoms with Gasteiger partial charge in [0, 0.05) is 38.5 Å². The average Bonchev–Trinajstić information content (AvgIpc) is 2.62. The van der Waals surface area contributed by atoms with E-state index in [1.807, 2.05) is 24.3 Å². The topological polar surface area (TPSA) is 50.3 Å². The van der Waals surface area contributed by atoms with Gasteiger partial charge < -0.3 is 15.0 Å². The van der Waals surface area contributed by atoms with Gasteiger partial charge in [0.1, 0.15) is 6.04 Å². The minimum Gasteiger partial charge on any atom is -0.380 e. The fourth-order valence-electron chi connectivity index (χ4n) is 2.82. The Kier molecular flexibility index (Phi) is 5.19. The van der Waals surface area contributed by atoms with Crippen molar-refractivity contribution in [3.63, 3.8) is 0 Å². The van der Waals surface area contributed by atoms with Gasteiger partial charge in [-0.15, -0.1) is 0 Å². The Labute approximate surface area is 143 Å². The van der Waals surface area contributed by atoms with Crippen LogP contribution in [-0.2, 0) is 11.3 Å². The number of nitrogens with zero attached hydrogens (tertiary/aromatic N) is 3. The number of aromatic nitrogens is 2. The van der Waals surface area contributed by atoms with E-state index in [1.54, 1.807) is 13.2 Å². The number of piperazine rings is 1. The Bertz CT molecular complexity index is 706. The highest BCUT2D eigenvalue weighted by molar-refractivity contribution is 5.60. The zero-order valence-electron chi connectivity index (χ0n) is 13.8. The molecule has 2 aromatic rings. The molecule has 1 aliphatic heterocycles. The molecule has 1 aliphatic rings. The summed E-state index contributed by atoms with van der Waals surface area (Å²) in [5, 5.41) is 2.78. The molecule has 3 rings (SSSR count). The Balaban J connectivity index is 1.87. The first-order chi connectivity index (χ1) is 12.0. The number of benzene rings is 1. The van der Waals surface area contributed by atoms with E-state index in [0.717, 1.165) is 11.1 Å². The van der Waals surface area contributed by atoms with Crippen molar-refractivity contribution >= 4 is 5.95 Å². The maximum Gasteiger partial charge on any atom is 0.410 e. The standard InChI is InChI=1S/C17H19F3N4O/c1-25-11-12-2-4-13(5-3-12)14-6-7-22-16(23-14)24-9-8-21-10-15(24)17(18,19)20/h2-7,15,21H,8-11H2,1H3. The van der Waals surface area contributed by atoms with Crippen LogP contribution in [-0.4, -0.2) is 48.9 Å². The van der Waals surface area contributed by atoms with Crippen molar-refractivity contribution in [1.82, 2.24) is 15.3 Å². The van der Waals surface area contributed by atoms with Gasteiger partial charge in [0.2, 0.25) is 5.95 Å². The van der Waals surface area contributed by atoms with Crippen LogP contribution in [0.1, 0.15) is 5.56 Å². The fraction of sp³-hybridized carbons (Fsp3) is 0.412. The van der Waals surface area contributed by atoms with Crippen LogP contribution in [0.5, 0.6) is 0 Å². The van der Waals surface area contributed by atoms with Gasteiger partial charge in [-0.1, -0.05) is 24.3 Å². The molecule has 0 aliphatic carbocycles. The van der Waals surface area contributed by atoms with Crippen LogP contribution in [0.15, 0.2) is 36.5 Å². The van der Waals surface area contributed by atoms with Crippen LogP contribution in [0, 0.1) is 0 Å². The van der Waals surface area contributed by atoms with Crippen molar-refractivity contribution < 1.29 is 17.9 Å². The van der Waals surface area contributed by atoms with Gasteiger partial charge in [-0.2, -0.15) is 13.2 Å². The highest BCUT2D eigenvalue weighted by Gasteiger charge is 2.45. The summed E-state index contributed by atoms with van der Waals surface area (Å²) in [7, 11) is 1.62. The maximum atomic E-state index is 13.3. The fourth-order valence-corrected chi connectivity index (χ4v) is 2.82. The molecule has 0 saturated carbocycles. The Hall–Kier alpha value is -2.19. The summed E-state index contributed by atoms with van der Waals surface area (Å²) >= 11 is 0. The van der Waals surface area contributed by atoms with Crippen LogP contribution < -0.4 is 10.2 Å². The predicted molar refractivity (Wildman–Crippen MR) is 88.2 cm³/mol.